The second-order valence-corrected chi connectivity index (χ2v) is 19.5. The van der Waals surface area contributed by atoms with Crippen molar-refractivity contribution >= 4 is 14.3 Å². The molecular weight excluding hydrogens is 685 g/mol. The van der Waals surface area contributed by atoms with Crippen molar-refractivity contribution in [2.75, 3.05) is 119 Å². The number of esters is 1. The van der Waals surface area contributed by atoms with Crippen LogP contribution < -0.4 is 0 Å². The van der Waals surface area contributed by atoms with Crippen molar-refractivity contribution in [3.05, 3.63) is 0 Å². The van der Waals surface area contributed by atoms with E-state index < -0.39 is 8.32 Å². The molecule has 0 heterocycles. The summed E-state index contributed by atoms with van der Waals surface area (Å²) >= 11 is 0. The number of carbonyl (C=O) groups is 1. The van der Waals surface area contributed by atoms with Gasteiger partial charge in [-0.1, -0.05) is 105 Å². The van der Waals surface area contributed by atoms with Crippen LogP contribution in [0.4, 0.5) is 0 Å². The summed E-state index contributed by atoms with van der Waals surface area (Å²) in [5, 5.41) is 0.216. The molecule has 0 spiro atoms. The van der Waals surface area contributed by atoms with Crippen molar-refractivity contribution in [2.24, 2.45) is 0 Å². The van der Waals surface area contributed by atoms with Crippen molar-refractivity contribution < 1.29 is 51.9 Å². The van der Waals surface area contributed by atoms with E-state index in [0.29, 0.717) is 125 Å². The first-order valence-corrected chi connectivity index (χ1v) is 23.5. The van der Waals surface area contributed by atoms with Crippen LogP contribution in [0.15, 0.2) is 0 Å². The molecule has 0 aliphatic carbocycles. The zero-order valence-corrected chi connectivity index (χ0v) is 35.6. The Morgan fingerprint density at radius 1 is 0.404 bits per heavy atom. The normalized spacial score (nSPS) is 12.2. The maximum absolute atomic E-state index is 11.9. The number of hydrogen-bond acceptors (Lipinski definition) is 11. The average molecular weight is 767 g/mol. The van der Waals surface area contributed by atoms with Crippen molar-refractivity contribution in [3.63, 3.8) is 0 Å². The monoisotopic (exact) mass is 767 g/mol. The molecular formula is C40H82O11Si. The van der Waals surface area contributed by atoms with E-state index >= 15 is 0 Å². The summed E-state index contributed by atoms with van der Waals surface area (Å²) in [6.07, 6.45) is 17.4. The Morgan fingerprint density at radius 3 is 0.981 bits per heavy atom. The molecule has 52 heavy (non-hydrogen) atoms. The smallest absolute Gasteiger partial charge is 0.305 e. The molecule has 0 aromatic rings. The van der Waals surface area contributed by atoms with Gasteiger partial charge in [-0.3, -0.25) is 4.79 Å². The van der Waals surface area contributed by atoms with Crippen molar-refractivity contribution in [2.45, 2.75) is 136 Å². The highest BCUT2D eigenvalue weighted by Crippen LogP contribution is 2.36. The second kappa shape index (κ2) is 38.6. The largest absolute Gasteiger partial charge is 0.463 e. The molecule has 12 heteroatoms. The fourth-order valence-corrected chi connectivity index (χ4v) is 5.81. The maximum atomic E-state index is 11.9. The number of hydrogen-bond donors (Lipinski definition) is 0. The van der Waals surface area contributed by atoms with E-state index in [1.165, 1.54) is 70.6 Å². The quantitative estimate of drug-likeness (QED) is 0.0341. The van der Waals surface area contributed by atoms with Crippen LogP contribution in [0.1, 0.15) is 118 Å². The van der Waals surface area contributed by atoms with Crippen molar-refractivity contribution in [1.29, 1.82) is 0 Å². The lowest BCUT2D eigenvalue weighted by molar-refractivity contribution is -0.145. The molecule has 0 radical (unpaired) electrons. The molecule has 0 saturated carbocycles. The van der Waals surface area contributed by atoms with Crippen LogP contribution in [0.5, 0.6) is 0 Å². The Morgan fingerprint density at radius 2 is 0.673 bits per heavy atom. The van der Waals surface area contributed by atoms with Crippen LogP contribution in [0.2, 0.25) is 18.1 Å². The molecule has 0 aromatic heterocycles. The summed E-state index contributed by atoms with van der Waals surface area (Å²) in [4.78, 5) is 11.9. The average Bonchev–Trinajstić information content (AvgIpc) is 3.10. The van der Waals surface area contributed by atoms with E-state index in [0.717, 1.165) is 12.8 Å². The molecule has 0 N–H and O–H groups in total. The van der Waals surface area contributed by atoms with E-state index in [-0.39, 0.29) is 11.0 Å². The fraction of sp³-hybridized carbons (Fsp3) is 0.975. The Bertz CT molecular complexity index is 737. The number of rotatable bonds is 42. The van der Waals surface area contributed by atoms with Gasteiger partial charge >= 0.3 is 5.97 Å². The van der Waals surface area contributed by atoms with E-state index in [1.807, 2.05) is 0 Å². The van der Waals surface area contributed by atoms with E-state index in [9.17, 15) is 4.79 Å². The van der Waals surface area contributed by atoms with Crippen molar-refractivity contribution in [1.82, 2.24) is 0 Å². The molecule has 0 aliphatic heterocycles. The summed E-state index contributed by atoms with van der Waals surface area (Å²) in [5.41, 5.74) is 0. The minimum absolute atomic E-state index is 0.129. The fourth-order valence-electron chi connectivity index (χ4n) is 4.79. The lowest BCUT2D eigenvalue weighted by Gasteiger charge is -2.36. The molecule has 11 nitrogen and oxygen atoms in total. The number of carbonyl (C=O) groups excluding carboxylic acids is 1. The van der Waals surface area contributed by atoms with Gasteiger partial charge in [0.05, 0.1) is 112 Å². The van der Waals surface area contributed by atoms with Crippen LogP contribution in [-0.2, 0) is 51.9 Å². The highest BCUT2D eigenvalue weighted by Gasteiger charge is 2.36. The predicted molar refractivity (Wildman–Crippen MR) is 211 cm³/mol. The molecule has 0 amide bonds. The van der Waals surface area contributed by atoms with Crippen LogP contribution in [0, 0.1) is 0 Å². The minimum Gasteiger partial charge on any atom is -0.463 e. The third-order valence-corrected chi connectivity index (χ3v) is 13.6. The molecule has 0 aliphatic rings. The van der Waals surface area contributed by atoms with Gasteiger partial charge in [0.25, 0.3) is 0 Å². The molecule has 0 bridgehead atoms. The van der Waals surface area contributed by atoms with Crippen LogP contribution in [-0.4, -0.2) is 133 Å². The first kappa shape index (κ1) is 51.3. The maximum Gasteiger partial charge on any atom is 0.305 e. The SMILES string of the molecule is CCCCCCCCCCCCCCCC(=O)OCCOCCOCCOCCOCCOCCOCCOCCOCCO[Si](C)(C)C(C)(C)C. The first-order chi connectivity index (χ1) is 25.2. The summed E-state index contributed by atoms with van der Waals surface area (Å²) in [5.74, 6) is -0.129. The van der Waals surface area contributed by atoms with Gasteiger partial charge < -0.3 is 47.1 Å². The summed E-state index contributed by atoms with van der Waals surface area (Å²) in [6, 6.07) is 0. The highest BCUT2D eigenvalue weighted by atomic mass is 28.4. The topological polar surface area (TPSA) is 109 Å². The van der Waals surface area contributed by atoms with E-state index in [1.54, 1.807) is 0 Å². The Labute approximate surface area is 320 Å². The third-order valence-electron chi connectivity index (χ3n) is 9.08. The van der Waals surface area contributed by atoms with Gasteiger partial charge in [-0.15, -0.1) is 0 Å². The lowest BCUT2D eigenvalue weighted by Crippen LogP contribution is -2.41. The summed E-state index contributed by atoms with van der Waals surface area (Å²) < 4.78 is 55.5. The van der Waals surface area contributed by atoms with Crippen LogP contribution in [0.3, 0.4) is 0 Å². The zero-order chi connectivity index (χ0) is 38.3. The first-order valence-electron chi connectivity index (χ1n) is 20.6. The van der Waals surface area contributed by atoms with Gasteiger partial charge in [0, 0.05) is 6.42 Å². The molecule has 0 atom stereocenters. The lowest BCUT2D eigenvalue weighted by atomic mass is 10.0. The molecule has 0 unspecified atom stereocenters. The second-order valence-electron chi connectivity index (χ2n) is 14.7. The van der Waals surface area contributed by atoms with Gasteiger partial charge in [-0.25, -0.2) is 0 Å². The van der Waals surface area contributed by atoms with E-state index in [2.05, 4.69) is 40.8 Å². The molecule has 0 aromatic carbocycles. The van der Waals surface area contributed by atoms with E-state index in [4.69, 9.17) is 47.1 Å². The minimum atomic E-state index is -1.70. The third kappa shape index (κ3) is 37.6. The van der Waals surface area contributed by atoms with Gasteiger partial charge in [0.15, 0.2) is 8.32 Å². The summed E-state index contributed by atoms with van der Waals surface area (Å²) in [7, 11) is -1.70. The number of unbranched alkanes of at least 4 members (excludes halogenated alkanes) is 12. The van der Waals surface area contributed by atoms with Crippen LogP contribution >= 0.6 is 0 Å². The Hall–Kier alpha value is -0.673. The predicted octanol–water partition coefficient (Wildman–Crippen LogP) is 8.17. The molecule has 312 valence electrons. The van der Waals surface area contributed by atoms with Gasteiger partial charge in [-0.05, 0) is 24.6 Å². The van der Waals surface area contributed by atoms with Gasteiger partial charge in [-0.2, -0.15) is 0 Å². The Kier molecular flexibility index (Phi) is 38.1. The molecule has 0 rings (SSSR count). The molecule has 0 saturated heterocycles. The molecule has 0 fully saturated rings. The summed E-state index contributed by atoms with van der Waals surface area (Å²) in [6.45, 7) is 22.5. The highest BCUT2D eigenvalue weighted by molar-refractivity contribution is 6.74. The number of ether oxygens (including phenoxy) is 9. The zero-order valence-electron chi connectivity index (χ0n) is 34.6. The van der Waals surface area contributed by atoms with Crippen molar-refractivity contribution in [3.8, 4) is 0 Å². The van der Waals surface area contributed by atoms with Gasteiger partial charge in [0.1, 0.15) is 6.61 Å². The van der Waals surface area contributed by atoms with Gasteiger partial charge in [0.2, 0.25) is 0 Å². The van der Waals surface area contributed by atoms with Crippen LogP contribution in [0.25, 0.3) is 0 Å². The standard InChI is InChI=1S/C40H82O11Si/c1-7-8-9-10-11-12-13-14-15-16-17-18-19-20-39(41)50-37-35-48-33-31-46-29-27-44-25-23-42-21-22-43-24-26-45-28-30-47-32-34-49-36-38-51-52(5,6)40(2,3)4/h7-38H2,1-6H3. The Balaban J connectivity index is 3.19.